The summed E-state index contributed by atoms with van der Waals surface area (Å²) in [6.07, 6.45) is -2.67. The number of benzene rings is 2. The summed E-state index contributed by atoms with van der Waals surface area (Å²) >= 11 is 0. The Balaban J connectivity index is 2.18. The summed E-state index contributed by atoms with van der Waals surface area (Å²) in [4.78, 5) is 0. The van der Waals surface area contributed by atoms with Gasteiger partial charge in [-0.1, -0.05) is 30.3 Å². The third kappa shape index (κ3) is 3.29. The molecule has 0 aliphatic carbocycles. The summed E-state index contributed by atoms with van der Waals surface area (Å²) < 4.78 is 31.2. The van der Waals surface area contributed by atoms with Crippen LogP contribution in [0.2, 0.25) is 0 Å². The standard InChI is InChI=1S/C15H11F2NO/c16-15(17)13-8-12(9-18)6-7-14(13)19-10-11-4-2-1-3-5-11/h1-8,15H,10H2. The van der Waals surface area contributed by atoms with E-state index in [4.69, 9.17) is 10.00 Å². The smallest absolute Gasteiger partial charge is 0.267 e. The number of rotatable bonds is 4. The normalized spacial score (nSPS) is 10.2. The summed E-state index contributed by atoms with van der Waals surface area (Å²) in [6.45, 7) is 0.215. The van der Waals surface area contributed by atoms with E-state index >= 15 is 0 Å². The lowest BCUT2D eigenvalue weighted by Gasteiger charge is -2.11. The second-order valence-corrected chi connectivity index (χ2v) is 3.94. The highest BCUT2D eigenvalue weighted by Crippen LogP contribution is 2.30. The van der Waals surface area contributed by atoms with Crippen LogP contribution >= 0.6 is 0 Å². The van der Waals surface area contributed by atoms with E-state index in [0.29, 0.717) is 0 Å². The van der Waals surface area contributed by atoms with Gasteiger partial charge in [-0.3, -0.25) is 0 Å². The zero-order chi connectivity index (χ0) is 13.7. The van der Waals surface area contributed by atoms with Crippen molar-refractivity contribution in [3.63, 3.8) is 0 Å². The molecule has 0 amide bonds. The van der Waals surface area contributed by atoms with Crippen molar-refractivity contribution in [2.75, 3.05) is 0 Å². The topological polar surface area (TPSA) is 33.0 Å². The second-order valence-electron chi connectivity index (χ2n) is 3.94. The minimum absolute atomic E-state index is 0.109. The number of alkyl halides is 2. The van der Waals surface area contributed by atoms with Crippen LogP contribution in [0, 0.1) is 11.3 Å². The summed E-state index contributed by atoms with van der Waals surface area (Å²) in [7, 11) is 0. The molecule has 0 heterocycles. The Morgan fingerprint density at radius 3 is 2.47 bits per heavy atom. The van der Waals surface area contributed by atoms with Gasteiger partial charge < -0.3 is 4.74 Å². The van der Waals surface area contributed by atoms with Gasteiger partial charge in [0, 0.05) is 0 Å². The van der Waals surface area contributed by atoms with E-state index in [1.165, 1.54) is 12.1 Å². The van der Waals surface area contributed by atoms with Gasteiger partial charge >= 0.3 is 0 Å². The molecule has 2 aromatic rings. The van der Waals surface area contributed by atoms with Crippen LogP contribution in [-0.4, -0.2) is 0 Å². The number of hydrogen-bond acceptors (Lipinski definition) is 2. The Labute approximate surface area is 109 Å². The summed E-state index contributed by atoms with van der Waals surface area (Å²) in [5, 5.41) is 8.71. The predicted octanol–water partition coefficient (Wildman–Crippen LogP) is 4.07. The van der Waals surface area contributed by atoms with E-state index in [-0.39, 0.29) is 23.5 Å². The minimum atomic E-state index is -2.67. The van der Waals surface area contributed by atoms with Crippen LogP contribution in [0.15, 0.2) is 48.5 Å². The van der Waals surface area contributed by atoms with Crippen molar-refractivity contribution in [2.45, 2.75) is 13.0 Å². The fourth-order valence-electron chi connectivity index (χ4n) is 1.66. The van der Waals surface area contributed by atoms with Gasteiger partial charge in [-0.2, -0.15) is 5.26 Å². The first-order chi connectivity index (χ1) is 9.20. The van der Waals surface area contributed by atoms with Crippen LogP contribution in [0.25, 0.3) is 0 Å². The number of nitriles is 1. The van der Waals surface area contributed by atoms with Crippen molar-refractivity contribution in [3.05, 3.63) is 65.2 Å². The third-order valence-electron chi connectivity index (χ3n) is 2.61. The molecule has 0 spiro atoms. The Kier molecular flexibility index (Phi) is 4.09. The molecule has 0 aromatic heterocycles. The first-order valence-corrected chi connectivity index (χ1v) is 5.69. The highest BCUT2D eigenvalue weighted by atomic mass is 19.3. The number of nitrogens with zero attached hydrogens (tertiary/aromatic N) is 1. The summed E-state index contributed by atoms with van der Waals surface area (Å²) in [5.41, 5.74) is 0.837. The van der Waals surface area contributed by atoms with Gasteiger partial charge in [0.2, 0.25) is 0 Å². The molecule has 0 bridgehead atoms. The molecule has 2 aromatic carbocycles. The molecule has 2 nitrogen and oxygen atoms in total. The van der Waals surface area contributed by atoms with Crippen LogP contribution in [-0.2, 0) is 6.61 Å². The number of ether oxygens (including phenoxy) is 1. The molecule has 0 N–H and O–H groups in total. The number of halogens is 2. The van der Waals surface area contributed by atoms with Gasteiger partial charge in [0.25, 0.3) is 6.43 Å². The first kappa shape index (κ1) is 13.0. The van der Waals surface area contributed by atoms with Crippen molar-refractivity contribution >= 4 is 0 Å². The van der Waals surface area contributed by atoms with E-state index in [9.17, 15) is 8.78 Å². The van der Waals surface area contributed by atoms with E-state index in [1.54, 1.807) is 0 Å². The van der Waals surface area contributed by atoms with Crippen molar-refractivity contribution in [1.82, 2.24) is 0 Å². The molecule has 0 aliphatic heterocycles. The van der Waals surface area contributed by atoms with E-state index in [2.05, 4.69) is 0 Å². The summed E-state index contributed by atoms with van der Waals surface area (Å²) in [5.74, 6) is 0.109. The number of hydrogen-bond donors (Lipinski definition) is 0. The van der Waals surface area contributed by atoms with Crippen molar-refractivity contribution in [3.8, 4) is 11.8 Å². The molecule has 19 heavy (non-hydrogen) atoms. The molecule has 0 atom stereocenters. The lowest BCUT2D eigenvalue weighted by atomic mass is 10.1. The minimum Gasteiger partial charge on any atom is -0.488 e. The molecule has 0 radical (unpaired) electrons. The zero-order valence-corrected chi connectivity index (χ0v) is 10.0. The van der Waals surface area contributed by atoms with Gasteiger partial charge in [0.15, 0.2) is 0 Å². The van der Waals surface area contributed by atoms with Gasteiger partial charge in [0.1, 0.15) is 12.4 Å². The van der Waals surface area contributed by atoms with Crippen molar-refractivity contribution in [1.29, 1.82) is 5.26 Å². The van der Waals surface area contributed by atoms with Crippen molar-refractivity contribution < 1.29 is 13.5 Å². The molecule has 0 unspecified atom stereocenters. The van der Waals surface area contributed by atoms with Gasteiger partial charge in [-0.05, 0) is 23.8 Å². The maximum absolute atomic E-state index is 12.9. The van der Waals surface area contributed by atoms with Gasteiger partial charge in [-0.15, -0.1) is 0 Å². The average Bonchev–Trinajstić information content (AvgIpc) is 2.46. The Hall–Kier alpha value is -2.41. The van der Waals surface area contributed by atoms with Crippen LogP contribution in [0.4, 0.5) is 8.78 Å². The molecule has 0 aliphatic rings. The lowest BCUT2D eigenvalue weighted by Crippen LogP contribution is -1.99. The van der Waals surface area contributed by atoms with Gasteiger partial charge in [-0.25, -0.2) is 8.78 Å². The molecule has 2 rings (SSSR count). The highest BCUT2D eigenvalue weighted by molar-refractivity contribution is 5.42. The molecular formula is C15H11F2NO. The van der Waals surface area contributed by atoms with Crippen molar-refractivity contribution in [2.24, 2.45) is 0 Å². The fourth-order valence-corrected chi connectivity index (χ4v) is 1.66. The fraction of sp³-hybridized carbons (Fsp3) is 0.133. The largest absolute Gasteiger partial charge is 0.488 e. The average molecular weight is 259 g/mol. The molecule has 96 valence electrons. The molecule has 0 fully saturated rings. The quantitative estimate of drug-likeness (QED) is 0.829. The van der Waals surface area contributed by atoms with E-state index < -0.39 is 6.43 Å². The maximum Gasteiger partial charge on any atom is 0.267 e. The third-order valence-corrected chi connectivity index (χ3v) is 2.61. The van der Waals surface area contributed by atoms with E-state index in [1.807, 2.05) is 36.4 Å². The summed E-state index contributed by atoms with van der Waals surface area (Å²) in [6, 6.07) is 15.1. The van der Waals surface area contributed by atoms with Crippen LogP contribution in [0.1, 0.15) is 23.1 Å². The zero-order valence-electron chi connectivity index (χ0n) is 10.0. The molecule has 4 heteroatoms. The van der Waals surface area contributed by atoms with Crippen LogP contribution < -0.4 is 4.74 Å². The SMILES string of the molecule is N#Cc1ccc(OCc2ccccc2)c(C(F)F)c1. The van der Waals surface area contributed by atoms with Gasteiger partial charge in [0.05, 0.1) is 17.2 Å². The first-order valence-electron chi connectivity index (χ1n) is 5.69. The second kappa shape index (κ2) is 5.96. The van der Waals surface area contributed by atoms with Crippen LogP contribution in [0.5, 0.6) is 5.75 Å². The van der Waals surface area contributed by atoms with Crippen LogP contribution in [0.3, 0.4) is 0 Å². The lowest BCUT2D eigenvalue weighted by molar-refractivity contribution is 0.144. The van der Waals surface area contributed by atoms with E-state index in [0.717, 1.165) is 11.6 Å². The maximum atomic E-state index is 12.9. The highest BCUT2D eigenvalue weighted by Gasteiger charge is 2.15. The molecule has 0 saturated carbocycles. The molecule has 0 saturated heterocycles. The monoisotopic (exact) mass is 259 g/mol. The Morgan fingerprint density at radius 1 is 1.11 bits per heavy atom. The molecular weight excluding hydrogens is 248 g/mol. The predicted molar refractivity (Wildman–Crippen MR) is 66.9 cm³/mol. The Morgan fingerprint density at radius 2 is 1.84 bits per heavy atom. The Bertz CT molecular complexity index is 591.